The normalized spacial score (nSPS) is 18.4. The number of amides is 2. The summed E-state index contributed by atoms with van der Waals surface area (Å²) in [7, 11) is 1.74. The first-order valence-electron chi connectivity index (χ1n) is 7.46. The Morgan fingerprint density at radius 1 is 1.25 bits per heavy atom. The molecule has 0 aromatic heterocycles. The molecule has 1 aliphatic carbocycles. The zero-order valence-corrected chi connectivity index (χ0v) is 13.1. The lowest BCUT2D eigenvalue weighted by Crippen LogP contribution is -2.53. The van der Waals surface area contributed by atoms with E-state index >= 15 is 0 Å². The van der Waals surface area contributed by atoms with Gasteiger partial charge in [0.1, 0.15) is 6.04 Å². The highest BCUT2D eigenvalue weighted by Gasteiger charge is 2.33. The van der Waals surface area contributed by atoms with Gasteiger partial charge in [0.15, 0.2) is 0 Å². The van der Waals surface area contributed by atoms with Gasteiger partial charge in [0, 0.05) is 13.6 Å². The van der Waals surface area contributed by atoms with Crippen LogP contribution in [0.2, 0.25) is 0 Å². The predicted molar refractivity (Wildman–Crippen MR) is 78.6 cm³/mol. The molecule has 2 N–H and O–H groups in total. The van der Waals surface area contributed by atoms with Crippen LogP contribution in [0.5, 0.6) is 0 Å². The minimum Gasteiger partial charge on any atom is -0.480 e. The highest BCUT2D eigenvalue weighted by molar-refractivity contribution is 5.83. The maximum absolute atomic E-state index is 12.1. The zero-order chi connectivity index (χ0) is 15.3. The van der Waals surface area contributed by atoms with E-state index in [-0.39, 0.29) is 6.03 Å². The van der Waals surface area contributed by atoms with E-state index in [9.17, 15) is 14.7 Å². The van der Waals surface area contributed by atoms with Gasteiger partial charge in [-0.05, 0) is 24.2 Å². The molecule has 0 aromatic carbocycles. The van der Waals surface area contributed by atoms with E-state index in [1.807, 2.05) is 20.8 Å². The summed E-state index contributed by atoms with van der Waals surface area (Å²) in [5, 5.41) is 11.9. The Morgan fingerprint density at radius 3 is 2.25 bits per heavy atom. The molecule has 0 spiro atoms. The van der Waals surface area contributed by atoms with Crippen molar-refractivity contribution in [1.82, 2.24) is 10.2 Å². The molecule has 0 saturated heterocycles. The van der Waals surface area contributed by atoms with E-state index in [0.717, 1.165) is 0 Å². The second-order valence-corrected chi connectivity index (χ2v) is 6.97. The van der Waals surface area contributed by atoms with Gasteiger partial charge in [-0.3, -0.25) is 0 Å². The average Bonchev–Trinajstić information content (AvgIpc) is 2.34. The zero-order valence-electron chi connectivity index (χ0n) is 13.1. The number of nitrogens with one attached hydrogen (secondary N) is 1. The molecule has 1 saturated carbocycles. The van der Waals surface area contributed by atoms with E-state index < -0.39 is 17.4 Å². The molecule has 0 radical (unpaired) electrons. The molecule has 116 valence electrons. The molecule has 1 unspecified atom stereocenters. The number of carbonyl (C=O) groups excluding carboxylic acids is 1. The third kappa shape index (κ3) is 5.02. The number of rotatable bonds is 4. The van der Waals surface area contributed by atoms with Crippen LogP contribution in [-0.4, -0.2) is 41.6 Å². The summed E-state index contributed by atoms with van der Waals surface area (Å²) in [4.78, 5) is 25.0. The second-order valence-electron chi connectivity index (χ2n) is 6.97. The van der Waals surface area contributed by atoms with Crippen LogP contribution < -0.4 is 5.32 Å². The fourth-order valence-corrected chi connectivity index (χ4v) is 2.72. The predicted octanol–water partition coefficient (Wildman–Crippen LogP) is 2.71. The second kappa shape index (κ2) is 6.95. The minimum atomic E-state index is -0.989. The van der Waals surface area contributed by atoms with E-state index in [1.54, 1.807) is 11.9 Å². The monoisotopic (exact) mass is 284 g/mol. The smallest absolute Gasteiger partial charge is 0.326 e. The van der Waals surface area contributed by atoms with Gasteiger partial charge in [-0.15, -0.1) is 0 Å². The van der Waals surface area contributed by atoms with Crippen LogP contribution in [0.4, 0.5) is 4.79 Å². The lowest BCUT2D eigenvalue weighted by molar-refractivity contribution is -0.142. The topological polar surface area (TPSA) is 69.6 Å². The first-order chi connectivity index (χ1) is 9.21. The number of nitrogens with zero attached hydrogens (tertiary/aromatic N) is 1. The highest BCUT2D eigenvalue weighted by atomic mass is 16.4. The third-order valence-corrected chi connectivity index (χ3v) is 3.98. The average molecular weight is 284 g/mol. The van der Waals surface area contributed by atoms with Gasteiger partial charge in [-0.2, -0.15) is 0 Å². The van der Waals surface area contributed by atoms with Gasteiger partial charge in [0.2, 0.25) is 0 Å². The van der Waals surface area contributed by atoms with Crippen LogP contribution in [0.25, 0.3) is 0 Å². The molecule has 0 bridgehead atoms. The SMILES string of the molecule is CN(CC1CCCCC1)C(=O)NC(C(=O)O)C(C)(C)C. The first-order valence-corrected chi connectivity index (χ1v) is 7.46. The maximum Gasteiger partial charge on any atom is 0.326 e. The Balaban J connectivity index is 2.53. The van der Waals surface area contributed by atoms with Crippen LogP contribution >= 0.6 is 0 Å². The molecule has 5 nitrogen and oxygen atoms in total. The molecule has 20 heavy (non-hydrogen) atoms. The Bertz CT molecular complexity index is 344. The number of carbonyl (C=O) groups is 2. The number of urea groups is 1. The van der Waals surface area contributed by atoms with Crippen molar-refractivity contribution in [2.45, 2.75) is 58.9 Å². The lowest BCUT2D eigenvalue weighted by Gasteiger charge is -2.31. The summed E-state index contributed by atoms with van der Waals surface area (Å²) in [5.41, 5.74) is -0.507. The third-order valence-electron chi connectivity index (χ3n) is 3.98. The van der Waals surface area contributed by atoms with Crippen molar-refractivity contribution >= 4 is 12.0 Å². The van der Waals surface area contributed by atoms with E-state index in [2.05, 4.69) is 5.32 Å². The lowest BCUT2D eigenvalue weighted by atomic mass is 9.87. The standard InChI is InChI=1S/C15H28N2O3/c1-15(2,3)12(13(18)19)16-14(20)17(4)10-11-8-6-5-7-9-11/h11-12H,5-10H2,1-4H3,(H,16,20)(H,18,19). The first kappa shape index (κ1) is 16.8. The van der Waals surface area contributed by atoms with Crippen LogP contribution in [0.15, 0.2) is 0 Å². The summed E-state index contributed by atoms with van der Waals surface area (Å²) in [6.45, 7) is 6.15. The number of carboxylic acid groups (broad SMARTS) is 1. The number of hydrogen-bond acceptors (Lipinski definition) is 2. The van der Waals surface area contributed by atoms with Crippen LogP contribution in [0, 0.1) is 11.3 Å². The van der Waals surface area contributed by atoms with Crippen molar-refractivity contribution in [2.24, 2.45) is 11.3 Å². The van der Waals surface area contributed by atoms with E-state index in [4.69, 9.17) is 0 Å². The molecule has 0 aliphatic heterocycles. The van der Waals surface area contributed by atoms with Crippen LogP contribution in [-0.2, 0) is 4.79 Å². The molecule has 0 aromatic rings. The molecular formula is C15H28N2O3. The molecule has 0 heterocycles. The van der Waals surface area contributed by atoms with Crippen molar-refractivity contribution in [3.05, 3.63) is 0 Å². The Morgan fingerprint density at radius 2 is 1.80 bits per heavy atom. The van der Waals surface area contributed by atoms with Crippen molar-refractivity contribution < 1.29 is 14.7 Å². The number of hydrogen-bond donors (Lipinski definition) is 2. The van der Waals surface area contributed by atoms with Gasteiger partial charge >= 0.3 is 12.0 Å². The quantitative estimate of drug-likeness (QED) is 0.834. The summed E-state index contributed by atoms with van der Waals surface area (Å²) in [5.74, 6) is -0.436. The van der Waals surface area contributed by atoms with Gasteiger partial charge < -0.3 is 15.3 Å². The summed E-state index contributed by atoms with van der Waals surface area (Å²) < 4.78 is 0. The van der Waals surface area contributed by atoms with Crippen molar-refractivity contribution in [1.29, 1.82) is 0 Å². The maximum atomic E-state index is 12.1. The fourth-order valence-electron chi connectivity index (χ4n) is 2.72. The van der Waals surface area contributed by atoms with Crippen molar-refractivity contribution in [3.63, 3.8) is 0 Å². The molecule has 1 aliphatic rings. The van der Waals surface area contributed by atoms with Gasteiger partial charge in [0.25, 0.3) is 0 Å². The number of aliphatic carboxylic acids is 1. The summed E-state index contributed by atoms with van der Waals surface area (Å²) in [6, 6.07) is -1.17. The van der Waals surface area contributed by atoms with E-state index in [0.29, 0.717) is 12.5 Å². The Kier molecular flexibility index (Phi) is 5.84. The molecule has 5 heteroatoms. The molecular weight excluding hydrogens is 256 g/mol. The number of carboxylic acids is 1. The molecule has 2 amide bonds. The van der Waals surface area contributed by atoms with Gasteiger partial charge in [-0.1, -0.05) is 40.0 Å². The Labute approximate surface area is 121 Å². The van der Waals surface area contributed by atoms with E-state index in [1.165, 1.54) is 32.1 Å². The Hall–Kier alpha value is -1.26. The molecule has 1 atom stereocenters. The van der Waals surface area contributed by atoms with Crippen LogP contribution in [0.3, 0.4) is 0 Å². The largest absolute Gasteiger partial charge is 0.480 e. The minimum absolute atomic E-state index is 0.294. The summed E-state index contributed by atoms with van der Waals surface area (Å²) >= 11 is 0. The van der Waals surface area contributed by atoms with Crippen molar-refractivity contribution in [3.8, 4) is 0 Å². The van der Waals surface area contributed by atoms with Crippen molar-refractivity contribution in [2.75, 3.05) is 13.6 Å². The summed E-state index contributed by atoms with van der Waals surface area (Å²) in [6.07, 6.45) is 6.09. The highest BCUT2D eigenvalue weighted by Crippen LogP contribution is 2.24. The molecule has 1 fully saturated rings. The fraction of sp³-hybridized carbons (Fsp3) is 0.867. The van der Waals surface area contributed by atoms with Gasteiger partial charge in [-0.25, -0.2) is 9.59 Å². The molecule has 1 rings (SSSR count). The van der Waals surface area contributed by atoms with Gasteiger partial charge in [0.05, 0.1) is 0 Å². The van der Waals surface area contributed by atoms with Crippen LogP contribution in [0.1, 0.15) is 52.9 Å².